The number of hydrogen-bond acceptors (Lipinski definition) is 5. The van der Waals surface area contributed by atoms with Crippen molar-refractivity contribution in [2.24, 2.45) is 5.92 Å². The fraction of sp³-hybridized carbons (Fsp3) is 0.400. The molecule has 1 amide bonds. The van der Waals surface area contributed by atoms with Crippen LogP contribution in [0.3, 0.4) is 0 Å². The molecule has 1 aliphatic heterocycles. The van der Waals surface area contributed by atoms with Crippen molar-refractivity contribution >= 4 is 30.7 Å². The Hall–Kier alpha value is -2.02. The second kappa shape index (κ2) is 12.4. The van der Waals surface area contributed by atoms with Gasteiger partial charge in [0.1, 0.15) is 11.5 Å². The lowest BCUT2D eigenvalue weighted by Gasteiger charge is -2.21. The first-order valence-electron chi connectivity index (χ1n) is 9.08. The minimum absolute atomic E-state index is 0. The lowest BCUT2D eigenvalue weighted by atomic mass is 9.99. The van der Waals surface area contributed by atoms with Crippen molar-refractivity contribution in [3.8, 4) is 17.4 Å². The van der Waals surface area contributed by atoms with E-state index in [1.807, 2.05) is 43.3 Å². The highest BCUT2D eigenvalue weighted by molar-refractivity contribution is 5.85. The van der Waals surface area contributed by atoms with Gasteiger partial charge in [0.2, 0.25) is 11.8 Å². The van der Waals surface area contributed by atoms with Crippen LogP contribution in [0.1, 0.15) is 25.3 Å². The third kappa shape index (κ3) is 7.19. The van der Waals surface area contributed by atoms with Crippen LogP contribution in [-0.2, 0) is 11.3 Å². The first-order chi connectivity index (χ1) is 12.7. The SMILES string of the molecule is CCOc1ccc(Oc2cc(CNC(=O)C3CCCNC3)ccn2)cc1.Cl.Cl. The number of halogens is 2. The number of carbonyl (C=O) groups is 1. The molecule has 28 heavy (non-hydrogen) atoms. The highest BCUT2D eigenvalue weighted by Gasteiger charge is 2.20. The summed E-state index contributed by atoms with van der Waals surface area (Å²) >= 11 is 0. The Labute approximate surface area is 178 Å². The fourth-order valence-corrected chi connectivity index (χ4v) is 2.92. The molecule has 2 aromatic rings. The highest BCUT2D eigenvalue weighted by atomic mass is 35.5. The predicted octanol–water partition coefficient (Wildman–Crippen LogP) is 3.73. The first-order valence-corrected chi connectivity index (χ1v) is 9.08. The van der Waals surface area contributed by atoms with Crippen molar-refractivity contribution in [2.75, 3.05) is 19.7 Å². The lowest BCUT2D eigenvalue weighted by molar-refractivity contribution is -0.125. The van der Waals surface area contributed by atoms with E-state index in [9.17, 15) is 4.79 Å². The van der Waals surface area contributed by atoms with E-state index in [1.165, 1.54) is 0 Å². The van der Waals surface area contributed by atoms with Gasteiger partial charge in [-0.1, -0.05) is 0 Å². The zero-order chi connectivity index (χ0) is 18.2. The third-order valence-corrected chi connectivity index (χ3v) is 4.29. The molecule has 1 aromatic heterocycles. The summed E-state index contributed by atoms with van der Waals surface area (Å²) in [5.41, 5.74) is 0.957. The maximum absolute atomic E-state index is 12.2. The van der Waals surface area contributed by atoms with Gasteiger partial charge in [0.25, 0.3) is 0 Å². The van der Waals surface area contributed by atoms with Crippen LogP contribution in [0.2, 0.25) is 0 Å². The molecule has 3 rings (SSSR count). The van der Waals surface area contributed by atoms with E-state index >= 15 is 0 Å². The second-order valence-corrected chi connectivity index (χ2v) is 6.27. The number of hydrogen-bond donors (Lipinski definition) is 2. The second-order valence-electron chi connectivity index (χ2n) is 6.27. The van der Waals surface area contributed by atoms with E-state index < -0.39 is 0 Å². The molecule has 154 valence electrons. The average molecular weight is 428 g/mol. The minimum Gasteiger partial charge on any atom is -0.494 e. The van der Waals surface area contributed by atoms with Crippen molar-refractivity contribution in [3.63, 3.8) is 0 Å². The number of nitrogens with zero attached hydrogens (tertiary/aromatic N) is 1. The Kier molecular flexibility index (Phi) is 10.7. The number of benzene rings is 1. The van der Waals surface area contributed by atoms with Crippen molar-refractivity contribution in [1.82, 2.24) is 15.6 Å². The van der Waals surface area contributed by atoms with Crippen LogP contribution in [0.4, 0.5) is 0 Å². The Morgan fingerprint density at radius 3 is 2.64 bits per heavy atom. The molecule has 1 saturated heterocycles. The predicted molar refractivity (Wildman–Crippen MR) is 114 cm³/mol. The van der Waals surface area contributed by atoms with Gasteiger partial charge in [-0.15, -0.1) is 24.8 Å². The van der Waals surface area contributed by atoms with Crippen LogP contribution >= 0.6 is 24.8 Å². The van der Waals surface area contributed by atoms with Gasteiger partial charge in [0, 0.05) is 25.4 Å². The number of amides is 1. The van der Waals surface area contributed by atoms with Gasteiger partial charge in [0.05, 0.1) is 12.5 Å². The van der Waals surface area contributed by atoms with Gasteiger partial charge >= 0.3 is 0 Å². The van der Waals surface area contributed by atoms with Crippen LogP contribution in [0, 0.1) is 5.92 Å². The van der Waals surface area contributed by atoms with Crippen LogP contribution in [0.15, 0.2) is 42.6 Å². The van der Waals surface area contributed by atoms with Crippen molar-refractivity contribution < 1.29 is 14.3 Å². The molecular formula is C20H27Cl2N3O3. The molecule has 1 fully saturated rings. The number of ether oxygens (including phenoxy) is 2. The van der Waals surface area contributed by atoms with Gasteiger partial charge in [0.15, 0.2) is 0 Å². The molecule has 1 unspecified atom stereocenters. The number of carbonyl (C=O) groups excluding carboxylic acids is 1. The quantitative estimate of drug-likeness (QED) is 0.703. The summed E-state index contributed by atoms with van der Waals surface area (Å²) in [6.45, 7) is 4.81. The molecule has 2 N–H and O–H groups in total. The zero-order valence-corrected chi connectivity index (χ0v) is 17.5. The molecule has 0 bridgehead atoms. The molecule has 0 saturated carbocycles. The average Bonchev–Trinajstić information content (AvgIpc) is 2.69. The zero-order valence-electron chi connectivity index (χ0n) is 15.8. The molecule has 0 aliphatic carbocycles. The number of piperidine rings is 1. The summed E-state index contributed by atoms with van der Waals surface area (Å²) in [4.78, 5) is 16.5. The normalized spacial score (nSPS) is 15.5. The van der Waals surface area contributed by atoms with E-state index in [0.717, 1.165) is 37.2 Å². The van der Waals surface area contributed by atoms with Gasteiger partial charge in [-0.25, -0.2) is 4.98 Å². The van der Waals surface area contributed by atoms with Gasteiger partial charge in [-0.05, 0) is 62.2 Å². The van der Waals surface area contributed by atoms with Crippen molar-refractivity contribution in [2.45, 2.75) is 26.3 Å². The molecular weight excluding hydrogens is 401 g/mol. The van der Waals surface area contributed by atoms with Gasteiger partial charge in [-0.2, -0.15) is 0 Å². The van der Waals surface area contributed by atoms with Crippen LogP contribution < -0.4 is 20.1 Å². The number of aromatic nitrogens is 1. The topological polar surface area (TPSA) is 72.5 Å². The molecule has 2 heterocycles. The summed E-state index contributed by atoms with van der Waals surface area (Å²) in [6.07, 6.45) is 3.68. The minimum atomic E-state index is 0. The van der Waals surface area contributed by atoms with Crippen molar-refractivity contribution in [1.29, 1.82) is 0 Å². The van der Waals surface area contributed by atoms with Gasteiger partial charge < -0.3 is 20.1 Å². The molecule has 0 spiro atoms. The summed E-state index contributed by atoms with van der Waals surface area (Å²) < 4.78 is 11.2. The Bertz CT molecular complexity index is 723. The lowest BCUT2D eigenvalue weighted by Crippen LogP contribution is -2.40. The standard InChI is InChI=1S/C20H25N3O3.2ClH/c1-2-25-17-5-7-18(8-6-17)26-19-12-15(9-11-22-19)13-23-20(24)16-4-3-10-21-14-16;;/h5-9,11-12,16,21H,2-4,10,13-14H2,1H3,(H,23,24);2*1H. The third-order valence-electron chi connectivity index (χ3n) is 4.29. The smallest absolute Gasteiger partial charge is 0.224 e. The van der Waals surface area contributed by atoms with E-state index in [-0.39, 0.29) is 36.6 Å². The van der Waals surface area contributed by atoms with E-state index in [1.54, 1.807) is 6.20 Å². The molecule has 8 heteroatoms. The summed E-state index contributed by atoms with van der Waals surface area (Å²) in [7, 11) is 0. The van der Waals surface area contributed by atoms with E-state index in [0.29, 0.717) is 24.8 Å². The fourth-order valence-electron chi connectivity index (χ4n) is 2.92. The number of nitrogens with one attached hydrogen (secondary N) is 2. The maximum Gasteiger partial charge on any atom is 0.224 e. The Morgan fingerprint density at radius 1 is 1.21 bits per heavy atom. The molecule has 0 radical (unpaired) electrons. The molecule has 1 aromatic carbocycles. The number of pyridine rings is 1. The molecule has 1 atom stereocenters. The highest BCUT2D eigenvalue weighted by Crippen LogP contribution is 2.23. The molecule has 1 aliphatic rings. The van der Waals surface area contributed by atoms with Crippen LogP contribution in [0.25, 0.3) is 0 Å². The first kappa shape index (κ1) is 24.0. The van der Waals surface area contributed by atoms with Crippen LogP contribution in [-0.4, -0.2) is 30.6 Å². The summed E-state index contributed by atoms with van der Waals surface area (Å²) in [6, 6.07) is 11.1. The maximum atomic E-state index is 12.2. The van der Waals surface area contributed by atoms with Gasteiger partial charge in [-0.3, -0.25) is 4.79 Å². The van der Waals surface area contributed by atoms with Crippen LogP contribution in [0.5, 0.6) is 17.4 Å². The molecule has 6 nitrogen and oxygen atoms in total. The monoisotopic (exact) mass is 427 g/mol. The summed E-state index contributed by atoms with van der Waals surface area (Å²) in [5, 5.41) is 6.26. The van der Waals surface area contributed by atoms with E-state index in [2.05, 4.69) is 15.6 Å². The largest absolute Gasteiger partial charge is 0.494 e. The summed E-state index contributed by atoms with van der Waals surface area (Å²) in [5.74, 6) is 2.16. The number of rotatable bonds is 7. The Morgan fingerprint density at radius 2 is 1.96 bits per heavy atom. The van der Waals surface area contributed by atoms with Crippen molar-refractivity contribution in [3.05, 3.63) is 48.2 Å². The Balaban J connectivity index is 0.00000196. The van der Waals surface area contributed by atoms with E-state index in [4.69, 9.17) is 9.47 Å².